The fourth-order valence-electron chi connectivity index (χ4n) is 3.28. The molecule has 0 unspecified atom stereocenters. The van der Waals surface area contributed by atoms with Crippen LogP contribution in [0.25, 0.3) is 0 Å². The van der Waals surface area contributed by atoms with E-state index in [1.807, 2.05) is 24.3 Å². The summed E-state index contributed by atoms with van der Waals surface area (Å²) in [5, 5.41) is 0.664. The smallest absolute Gasteiger partial charge is 0.256 e. The monoisotopic (exact) mass is 388 g/mol. The first-order chi connectivity index (χ1) is 13.0. The number of hydrogen-bond donors (Lipinski definition) is 0. The van der Waals surface area contributed by atoms with Gasteiger partial charge >= 0.3 is 0 Å². The van der Waals surface area contributed by atoms with E-state index in [2.05, 4.69) is 0 Å². The highest BCUT2D eigenvalue weighted by molar-refractivity contribution is 6.30. The van der Waals surface area contributed by atoms with Crippen LogP contribution in [-0.4, -0.2) is 47.8 Å². The van der Waals surface area contributed by atoms with Crippen molar-refractivity contribution >= 4 is 23.4 Å². The van der Waals surface area contributed by atoms with Gasteiger partial charge in [0.2, 0.25) is 5.91 Å². The number of amides is 2. The molecule has 0 N–H and O–H groups in total. The molecule has 3 rings (SSSR count). The summed E-state index contributed by atoms with van der Waals surface area (Å²) >= 11 is 5.98. The molecule has 2 aromatic rings. The minimum absolute atomic E-state index is 0.0650. The van der Waals surface area contributed by atoms with Gasteiger partial charge in [0.15, 0.2) is 0 Å². The molecule has 0 spiro atoms. The van der Waals surface area contributed by atoms with Crippen molar-refractivity contribution in [1.29, 1.82) is 0 Å². The molecule has 2 amide bonds. The predicted molar refractivity (Wildman–Crippen MR) is 103 cm³/mol. The molecule has 0 aromatic heterocycles. The molecule has 0 saturated carbocycles. The third-order valence-corrected chi connectivity index (χ3v) is 4.99. The lowest BCUT2D eigenvalue weighted by Crippen LogP contribution is -2.37. The third-order valence-electron chi connectivity index (χ3n) is 4.76. The van der Waals surface area contributed by atoms with Crippen molar-refractivity contribution in [1.82, 2.24) is 9.80 Å². The molecule has 2 aromatic carbocycles. The van der Waals surface area contributed by atoms with E-state index in [0.29, 0.717) is 50.5 Å². The first kappa shape index (κ1) is 19.4. The Bertz CT molecular complexity index is 827. The van der Waals surface area contributed by atoms with Crippen LogP contribution in [0.5, 0.6) is 0 Å². The van der Waals surface area contributed by atoms with E-state index in [9.17, 15) is 14.0 Å². The van der Waals surface area contributed by atoms with Crippen molar-refractivity contribution in [2.24, 2.45) is 0 Å². The van der Waals surface area contributed by atoms with Gasteiger partial charge in [-0.2, -0.15) is 0 Å². The zero-order valence-corrected chi connectivity index (χ0v) is 15.8. The number of nitrogens with zero attached hydrogens (tertiary/aromatic N) is 2. The fraction of sp³-hybridized carbons (Fsp3) is 0.333. The second-order valence-electron chi connectivity index (χ2n) is 6.64. The summed E-state index contributed by atoms with van der Waals surface area (Å²) in [5.41, 5.74) is 1.11. The Balaban J connectivity index is 1.55. The maximum absolute atomic E-state index is 13.9. The van der Waals surface area contributed by atoms with Gasteiger partial charge in [0, 0.05) is 37.6 Å². The number of aryl methyl sites for hydroxylation is 1. The highest BCUT2D eigenvalue weighted by atomic mass is 35.5. The second kappa shape index (κ2) is 9.00. The molecule has 0 atom stereocenters. The Morgan fingerprint density at radius 3 is 2.48 bits per heavy atom. The molecule has 0 bridgehead atoms. The average molecular weight is 389 g/mol. The van der Waals surface area contributed by atoms with Crippen LogP contribution in [0.1, 0.15) is 28.8 Å². The van der Waals surface area contributed by atoms with E-state index in [0.717, 1.165) is 5.56 Å². The number of carbonyl (C=O) groups is 2. The standard InChI is InChI=1S/C21H22ClFN2O2/c22-17-6-3-5-16(15-17)9-10-20(26)24-11-4-12-25(14-13-24)21(27)18-7-1-2-8-19(18)23/h1-3,5-8,15H,4,9-14H2. The molecule has 1 aliphatic rings. The molecule has 1 aliphatic heterocycles. The van der Waals surface area contributed by atoms with Crippen molar-refractivity contribution in [2.45, 2.75) is 19.3 Å². The summed E-state index contributed by atoms with van der Waals surface area (Å²) in [5.74, 6) is -0.766. The van der Waals surface area contributed by atoms with Gasteiger partial charge in [-0.05, 0) is 42.7 Å². The van der Waals surface area contributed by atoms with Gasteiger partial charge in [-0.15, -0.1) is 0 Å². The van der Waals surface area contributed by atoms with Gasteiger partial charge < -0.3 is 9.80 Å². The van der Waals surface area contributed by atoms with Crippen molar-refractivity contribution in [3.63, 3.8) is 0 Å². The van der Waals surface area contributed by atoms with E-state index in [-0.39, 0.29) is 17.4 Å². The molecular formula is C21H22ClFN2O2. The van der Waals surface area contributed by atoms with Crippen LogP contribution < -0.4 is 0 Å². The molecule has 0 aliphatic carbocycles. The van der Waals surface area contributed by atoms with Crippen LogP contribution in [-0.2, 0) is 11.2 Å². The fourth-order valence-corrected chi connectivity index (χ4v) is 3.49. The molecule has 6 heteroatoms. The normalized spacial score (nSPS) is 14.7. The lowest BCUT2D eigenvalue weighted by molar-refractivity contribution is -0.131. The lowest BCUT2D eigenvalue weighted by Gasteiger charge is -2.22. The Morgan fingerprint density at radius 1 is 0.963 bits per heavy atom. The minimum atomic E-state index is -0.513. The van der Waals surface area contributed by atoms with Crippen LogP contribution >= 0.6 is 11.6 Å². The van der Waals surface area contributed by atoms with Crippen molar-refractivity contribution in [3.05, 3.63) is 70.5 Å². The number of benzene rings is 2. The SMILES string of the molecule is O=C(CCc1cccc(Cl)c1)N1CCCN(C(=O)c2ccccc2F)CC1. The van der Waals surface area contributed by atoms with E-state index >= 15 is 0 Å². The topological polar surface area (TPSA) is 40.6 Å². The van der Waals surface area contributed by atoms with Gasteiger partial charge in [-0.3, -0.25) is 9.59 Å². The van der Waals surface area contributed by atoms with Crippen LogP contribution in [0.15, 0.2) is 48.5 Å². The molecule has 27 heavy (non-hydrogen) atoms. The third kappa shape index (κ3) is 5.07. The van der Waals surface area contributed by atoms with Gasteiger partial charge in [0.1, 0.15) is 5.82 Å². The highest BCUT2D eigenvalue weighted by Crippen LogP contribution is 2.15. The number of halogens is 2. The molecule has 1 heterocycles. The maximum atomic E-state index is 13.9. The lowest BCUT2D eigenvalue weighted by atomic mass is 10.1. The molecule has 0 radical (unpaired) electrons. The summed E-state index contributed by atoms with van der Waals surface area (Å²) in [7, 11) is 0. The Kier molecular flexibility index (Phi) is 6.45. The quantitative estimate of drug-likeness (QED) is 0.799. The molecule has 142 valence electrons. The average Bonchev–Trinajstić information content (AvgIpc) is 2.92. The van der Waals surface area contributed by atoms with Crippen molar-refractivity contribution in [3.8, 4) is 0 Å². The van der Waals surface area contributed by atoms with Crippen molar-refractivity contribution < 1.29 is 14.0 Å². The van der Waals surface area contributed by atoms with Gasteiger partial charge in [-0.25, -0.2) is 4.39 Å². The summed E-state index contributed by atoms with van der Waals surface area (Å²) in [6, 6.07) is 13.5. The Hall–Kier alpha value is -2.40. The Labute approximate surface area is 163 Å². The summed E-state index contributed by atoms with van der Waals surface area (Å²) in [6.07, 6.45) is 1.72. The van der Waals surface area contributed by atoms with Crippen LogP contribution in [0.4, 0.5) is 4.39 Å². The van der Waals surface area contributed by atoms with Crippen LogP contribution in [0, 0.1) is 5.82 Å². The zero-order valence-electron chi connectivity index (χ0n) is 15.0. The first-order valence-corrected chi connectivity index (χ1v) is 9.48. The molecule has 4 nitrogen and oxygen atoms in total. The zero-order chi connectivity index (χ0) is 19.2. The van der Waals surface area contributed by atoms with E-state index in [4.69, 9.17) is 11.6 Å². The van der Waals surface area contributed by atoms with E-state index in [1.165, 1.54) is 12.1 Å². The maximum Gasteiger partial charge on any atom is 0.256 e. The summed E-state index contributed by atoms with van der Waals surface area (Å²) in [4.78, 5) is 28.5. The predicted octanol–water partition coefficient (Wildman–Crippen LogP) is 3.79. The van der Waals surface area contributed by atoms with Gasteiger partial charge in [0.25, 0.3) is 5.91 Å². The minimum Gasteiger partial charge on any atom is -0.341 e. The number of hydrogen-bond acceptors (Lipinski definition) is 2. The summed E-state index contributed by atoms with van der Waals surface area (Å²) in [6.45, 7) is 2.01. The summed E-state index contributed by atoms with van der Waals surface area (Å²) < 4.78 is 13.9. The number of carbonyl (C=O) groups excluding carboxylic acids is 2. The largest absolute Gasteiger partial charge is 0.341 e. The Morgan fingerprint density at radius 2 is 1.70 bits per heavy atom. The molecular weight excluding hydrogens is 367 g/mol. The first-order valence-electron chi connectivity index (χ1n) is 9.10. The van der Waals surface area contributed by atoms with Gasteiger partial charge in [0.05, 0.1) is 5.56 Å². The van der Waals surface area contributed by atoms with Crippen molar-refractivity contribution in [2.75, 3.05) is 26.2 Å². The second-order valence-corrected chi connectivity index (χ2v) is 7.07. The molecule has 1 fully saturated rings. The van der Waals surface area contributed by atoms with Crippen LogP contribution in [0.3, 0.4) is 0 Å². The number of rotatable bonds is 4. The van der Waals surface area contributed by atoms with E-state index < -0.39 is 5.82 Å². The molecule has 1 saturated heterocycles. The van der Waals surface area contributed by atoms with Crippen LogP contribution in [0.2, 0.25) is 5.02 Å². The highest BCUT2D eigenvalue weighted by Gasteiger charge is 2.24. The van der Waals surface area contributed by atoms with Gasteiger partial charge in [-0.1, -0.05) is 35.9 Å². The van der Waals surface area contributed by atoms with E-state index in [1.54, 1.807) is 21.9 Å².